The van der Waals surface area contributed by atoms with Gasteiger partial charge >= 0.3 is 5.69 Å². The summed E-state index contributed by atoms with van der Waals surface area (Å²) in [5, 5.41) is 17.3. The number of nitrogens with zero attached hydrogens (tertiary/aromatic N) is 4. The third kappa shape index (κ3) is 4.72. The molecule has 13 nitrogen and oxygen atoms in total. The maximum atomic E-state index is 13.0. The summed E-state index contributed by atoms with van der Waals surface area (Å²) in [7, 11) is -4.28. The molecule has 5 aromatic rings. The van der Waals surface area contributed by atoms with E-state index in [0.717, 1.165) is 10.9 Å². The highest BCUT2D eigenvalue weighted by molar-refractivity contribution is 7.92. The predicted molar refractivity (Wildman–Crippen MR) is 131 cm³/mol. The van der Waals surface area contributed by atoms with Crippen LogP contribution in [0, 0.1) is 0 Å². The van der Waals surface area contributed by atoms with Crippen LogP contribution in [0.1, 0.15) is 0 Å². The average Bonchev–Trinajstić information content (AvgIpc) is 3.32. The largest absolute Gasteiger partial charge is 0.506 e. The Balaban J connectivity index is 1.46. The summed E-state index contributed by atoms with van der Waals surface area (Å²) in [6.07, 6.45) is 3.36. The molecule has 0 atom stereocenters. The van der Waals surface area contributed by atoms with Crippen LogP contribution in [0.25, 0.3) is 16.7 Å². The van der Waals surface area contributed by atoms with Gasteiger partial charge in [0, 0.05) is 18.3 Å². The predicted octanol–water partition coefficient (Wildman–Crippen LogP) is 3.06. The van der Waals surface area contributed by atoms with Gasteiger partial charge in [-0.2, -0.15) is 18.2 Å². The number of ether oxygens (including phenoxy) is 1. The van der Waals surface area contributed by atoms with Crippen molar-refractivity contribution in [2.45, 2.75) is 5.03 Å². The minimum Gasteiger partial charge on any atom is -0.506 e. The third-order valence-corrected chi connectivity index (χ3v) is 6.76. The molecule has 37 heavy (non-hydrogen) atoms. The van der Waals surface area contributed by atoms with Crippen LogP contribution >= 0.6 is 23.2 Å². The van der Waals surface area contributed by atoms with Crippen molar-refractivity contribution in [2.75, 3.05) is 4.72 Å². The lowest BCUT2D eigenvalue weighted by Gasteiger charge is -2.14. The van der Waals surface area contributed by atoms with Gasteiger partial charge in [-0.15, -0.1) is 0 Å². The fraction of sp³-hybridized carbons (Fsp3) is 0. The van der Waals surface area contributed by atoms with E-state index in [1.165, 1.54) is 48.8 Å². The molecule has 0 fully saturated rings. The molecule has 0 saturated heterocycles. The van der Waals surface area contributed by atoms with E-state index < -0.39 is 27.0 Å². The number of aromatic hydroxyl groups is 1. The number of rotatable bonds is 6. The second-order valence-corrected chi connectivity index (χ2v) is 9.74. The molecule has 0 aliphatic carbocycles. The Labute approximate surface area is 215 Å². The molecule has 0 radical (unpaired) electrons. The number of benzene rings is 2. The molecular weight excluding hydrogens is 551 g/mol. The molecule has 0 saturated carbocycles. The molecule has 3 aromatic heterocycles. The molecule has 16 heteroatoms. The van der Waals surface area contributed by atoms with Gasteiger partial charge in [-0.25, -0.2) is 9.78 Å². The summed E-state index contributed by atoms with van der Waals surface area (Å²) in [6.45, 7) is 0. The summed E-state index contributed by atoms with van der Waals surface area (Å²) >= 11 is 12.6. The maximum absolute atomic E-state index is 13.0. The number of halogens is 2. The number of aromatic nitrogens is 5. The molecule has 0 aliphatic rings. The van der Waals surface area contributed by atoms with Crippen LogP contribution < -0.4 is 20.7 Å². The molecule has 0 unspecified atom stereocenters. The van der Waals surface area contributed by atoms with Crippen molar-refractivity contribution in [3.63, 3.8) is 0 Å². The Morgan fingerprint density at radius 1 is 1.08 bits per heavy atom. The zero-order valence-electron chi connectivity index (χ0n) is 18.0. The standard InChI is InChI=1S/C21H12Cl2N6O7S/c22-13-5-10(29-21(32)27-18(31)9-25-29)6-14(23)19(13)35-11-1-2-16(30)15(7-11)28-37(33,34)20-12-8-26-36-17(12)3-4-24-20/h1-9,28,30H,(H,27,31,32). The van der Waals surface area contributed by atoms with Gasteiger partial charge in [-0.1, -0.05) is 28.4 Å². The highest BCUT2D eigenvalue weighted by Crippen LogP contribution is 2.40. The van der Waals surface area contributed by atoms with Gasteiger partial charge in [0.15, 0.2) is 16.4 Å². The van der Waals surface area contributed by atoms with Crippen LogP contribution in [0.2, 0.25) is 10.0 Å². The first-order chi connectivity index (χ1) is 17.6. The lowest BCUT2D eigenvalue weighted by Crippen LogP contribution is -2.30. The van der Waals surface area contributed by atoms with E-state index in [1.54, 1.807) is 0 Å². The van der Waals surface area contributed by atoms with Gasteiger partial charge in [0.1, 0.15) is 17.7 Å². The monoisotopic (exact) mass is 562 g/mol. The number of hydrogen-bond donors (Lipinski definition) is 3. The number of anilines is 1. The number of aromatic amines is 1. The summed E-state index contributed by atoms with van der Waals surface area (Å²) in [5.41, 5.74) is -1.34. The summed E-state index contributed by atoms with van der Waals surface area (Å²) in [6, 6.07) is 7.85. The van der Waals surface area contributed by atoms with E-state index in [2.05, 4.69) is 24.9 Å². The number of sulfonamides is 1. The molecular formula is C21H12Cl2N6O7S. The molecule has 0 amide bonds. The molecule has 3 N–H and O–H groups in total. The van der Waals surface area contributed by atoms with E-state index >= 15 is 0 Å². The molecule has 3 heterocycles. The number of fused-ring (bicyclic) bond motifs is 1. The highest BCUT2D eigenvalue weighted by atomic mass is 35.5. The Kier molecular flexibility index (Phi) is 6.07. The fourth-order valence-electron chi connectivity index (χ4n) is 3.26. The minimum absolute atomic E-state index is 0.0269. The van der Waals surface area contributed by atoms with Crippen molar-refractivity contribution in [3.8, 4) is 22.9 Å². The average molecular weight is 563 g/mol. The van der Waals surface area contributed by atoms with Crippen LogP contribution in [0.5, 0.6) is 17.2 Å². The molecule has 2 aromatic carbocycles. The molecule has 0 bridgehead atoms. The number of phenolic OH excluding ortho intramolecular Hbond substituents is 1. The second kappa shape index (κ2) is 9.24. The third-order valence-electron chi connectivity index (χ3n) is 4.87. The Hall–Kier alpha value is -4.40. The van der Waals surface area contributed by atoms with Gasteiger partial charge in [0.05, 0.1) is 33.0 Å². The Bertz CT molecular complexity index is 1880. The molecule has 5 rings (SSSR count). The summed E-state index contributed by atoms with van der Waals surface area (Å²) < 4.78 is 39.8. The van der Waals surface area contributed by atoms with Crippen molar-refractivity contribution in [2.24, 2.45) is 0 Å². The van der Waals surface area contributed by atoms with Crippen LogP contribution in [0.3, 0.4) is 0 Å². The lowest BCUT2D eigenvalue weighted by molar-refractivity contribution is 0.456. The molecule has 0 spiro atoms. The topological polar surface area (TPSA) is 182 Å². The first-order valence-electron chi connectivity index (χ1n) is 10.0. The van der Waals surface area contributed by atoms with E-state index in [1.807, 2.05) is 0 Å². The van der Waals surface area contributed by atoms with E-state index in [9.17, 15) is 23.1 Å². The number of pyridine rings is 1. The normalized spacial score (nSPS) is 11.5. The van der Waals surface area contributed by atoms with Gasteiger partial charge in [-0.3, -0.25) is 14.5 Å². The van der Waals surface area contributed by atoms with Gasteiger partial charge in [0.2, 0.25) is 0 Å². The summed E-state index contributed by atoms with van der Waals surface area (Å²) in [4.78, 5) is 29.2. The van der Waals surface area contributed by atoms with Crippen molar-refractivity contribution in [1.82, 2.24) is 24.9 Å². The van der Waals surface area contributed by atoms with E-state index in [-0.39, 0.29) is 48.9 Å². The lowest BCUT2D eigenvalue weighted by atomic mass is 10.2. The van der Waals surface area contributed by atoms with Crippen molar-refractivity contribution in [3.05, 3.63) is 85.9 Å². The van der Waals surface area contributed by atoms with Crippen LogP contribution in [-0.4, -0.2) is 38.4 Å². The Morgan fingerprint density at radius 3 is 2.57 bits per heavy atom. The number of H-pyrrole nitrogens is 1. The van der Waals surface area contributed by atoms with Crippen molar-refractivity contribution >= 4 is 49.9 Å². The first-order valence-corrected chi connectivity index (χ1v) is 12.3. The molecule has 188 valence electrons. The Morgan fingerprint density at radius 2 is 1.84 bits per heavy atom. The smallest absolute Gasteiger partial charge is 0.349 e. The SMILES string of the molecule is O=c1cnn(-c2cc(Cl)c(Oc3ccc(O)c(NS(=O)(=O)c4nccc5oncc45)c3)c(Cl)c2)c(=O)[nH]1. The van der Waals surface area contributed by atoms with Gasteiger partial charge in [0.25, 0.3) is 15.6 Å². The van der Waals surface area contributed by atoms with Crippen molar-refractivity contribution < 1.29 is 22.8 Å². The zero-order valence-corrected chi connectivity index (χ0v) is 20.4. The number of hydrogen-bond acceptors (Lipinski definition) is 10. The van der Waals surface area contributed by atoms with E-state index in [4.69, 9.17) is 32.5 Å². The number of phenols is 1. The van der Waals surface area contributed by atoms with Gasteiger partial charge < -0.3 is 14.4 Å². The van der Waals surface area contributed by atoms with Crippen LogP contribution in [0.4, 0.5) is 5.69 Å². The maximum Gasteiger partial charge on any atom is 0.349 e. The van der Waals surface area contributed by atoms with Crippen LogP contribution in [-0.2, 0) is 10.0 Å². The minimum atomic E-state index is -4.28. The molecule has 0 aliphatic heterocycles. The second-order valence-electron chi connectivity index (χ2n) is 7.33. The quantitative estimate of drug-likeness (QED) is 0.260. The fourth-order valence-corrected chi connectivity index (χ4v) is 5.01. The van der Waals surface area contributed by atoms with E-state index in [0.29, 0.717) is 0 Å². The zero-order chi connectivity index (χ0) is 26.3. The first kappa shape index (κ1) is 24.3. The van der Waals surface area contributed by atoms with Crippen LogP contribution in [0.15, 0.2) is 74.1 Å². The number of nitrogens with one attached hydrogen (secondary N) is 2. The van der Waals surface area contributed by atoms with Crippen molar-refractivity contribution in [1.29, 1.82) is 0 Å². The van der Waals surface area contributed by atoms with Gasteiger partial charge in [-0.05, 0) is 24.3 Å². The summed E-state index contributed by atoms with van der Waals surface area (Å²) in [5.74, 6) is -0.369. The highest BCUT2D eigenvalue weighted by Gasteiger charge is 2.23.